The molecule has 0 amide bonds. The zero-order valence-electron chi connectivity index (χ0n) is 11.3. The minimum absolute atomic E-state index is 0.618. The van der Waals surface area contributed by atoms with Crippen LogP contribution < -0.4 is 14.8 Å². The molecule has 1 N–H and O–H groups in total. The van der Waals surface area contributed by atoms with E-state index < -0.39 is 0 Å². The predicted octanol–water partition coefficient (Wildman–Crippen LogP) is 3.39. The van der Waals surface area contributed by atoms with Crippen LogP contribution in [0.1, 0.15) is 36.3 Å². The third-order valence-corrected chi connectivity index (χ3v) is 4.68. The van der Waals surface area contributed by atoms with Gasteiger partial charge in [0.25, 0.3) is 0 Å². The Bertz CT molecular complexity index is 470. The van der Waals surface area contributed by atoms with Crippen molar-refractivity contribution in [3.8, 4) is 11.5 Å². The number of rotatable bonds is 1. The van der Waals surface area contributed by atoms with Crippen LogP contribution in [-0.4, -0.2) is 26.3 Å². The molecule has 104 valence electrons. The van der Waals surface area contributed by atoms with E-state index in [4.69, 9.17) is 9.47 Å². The molecule has 2 aliphatic heterocycles. The summed E-state index contributed by atoms with van der Waals surface area (Å²) in [5.41, 5.74) is 2.66. The maximum absolute atomic E-state index is 5.90. The Balaban J connectivity index is 2.01. The summed E-state index contributed by atoms with van der Waals surface area (Å²) in [5, 5.41) is 3.42. The normalized spacial score (nSPS) is 20.1. The second kappa shape index (κ2) is 5.71. The summed E-state index contributed by atoms with van der Waals surface area (Å²) in [6, 6.07) is 2.09. The van der Waals surface area contributed by atoms with Gasteiger partial charge >= 0.3 is 0 Å². The van der Waals surface area contributed by atoms with Crippen molar-refractivity contribution in [2.45, 2.75) is 32.1 Å². The van der Waals surface area contributed by atoms with Gasteiger partial charge in [-0.15, -0.1) is 0 Å². The molecule has 0 unspecified atom stereocenters. The van der Waals surface area contributed by atoms with Crippen molar-refractivity contribution in [3.05, 3.63) is 21.7 Å². The number of nitrogens with one attached hydrogen (secondary N) is 1. The van der Waals surface area contributed by atoms with Crippen LogP contribution in [-0.2, 0) is 0 Å². The highest BCUT2D eigenvalue weighted by Gasteiger charge is 2.25. The molecule has 1 aromatic carbocycles. The molecular formula is C15H20BrNO2. The van der Waals surface area contributed by atoms with Crippen LogP contribution in [0.5, 0.6) is 11.5 Å². The lowest BCUT2D eigenvalue weighted by Crippen LogP contribution is -2.27. The van der Waals surface area contributed by atoms with E-state index in [-0.39, 0.29) is 0 Å². The number of hydrogen-bond acceptors (Lipinski definition) is 3. The van der Waals surface area contributed by atoms with Gasteiger partial charge in [0.15, 0.2) is 11.5 Å². The van der Waals surface area contributed by atoms with Gasteiger partial charge in [-0.1, -0.05) is 15.9 Å². The Morgan fingerprint density at radius 2 is 1.95 bits per heavy atom. The summed E-state index contributed by atoms with van der Waals surface area (Å²) in [6.07, 6.45) is 3.34. The van der Waals surface area contributed by atoms with Crippen LogP contribution in [0.2, 0.25) is 0 Å². The lowest BCUT2D eigenvalue weighted by Gasteiger charge is -2.27. The molecule has 2 aliphatic rings. The maximum atomic E-state index is 5.90. The minimum Gasteiger partial charge on any atom is -0.490 e. The fraction of sp³-hybridized carbons (Fsp3) is 0.600. The Hall–Kier alpha value is -0.740. The van der Waals surface area contributed by atoms with Crippen LogP contribution >= 0.6 is 15.9 Å². The van der Waals surface area contributed by atoms with E-state index in [1.807, 2.05) is 0 Å². The second-order valence-corrected chi connectivity index (χ2v) is 6.15. The molecule has 0 saturated carbocycles. The molecule has 2 heterocycles. The monoisotopic (exact) mass is 325 g/mol. The highest BCUT2D eigenvalue weighted by molar-refractivity contribution is 9.10. The van der Waals surface area contributed by atoms with Crippen LogP contribution in [0.25, 0.3) is 0 Å². The number of fused-ring (bicyclic) bond motifs is 1. The first kappa shape index (κ1) is 13.3. The van der Waals surface area contributed by atoms with E-state index in [9.17, 15) is 0 Å². The van der Waals surface area contributed by atoms with Gasteiger partial charge in [0.2, 0.25) is 0 Å². The zero-order chi connectivity index (χ0) is 13.2. The fourth-order valence-electron chi connectivity index (χ4n) is 3.06. The summed E-state index contributed by atoms with van der Waals surface area (Å²) in [5.74, 6) is 2.46. The Morgan fingerprint density at radius 1 is 1.21 bits per heavy atom. The van der Waals surface area contributed by atoms with Crippen molar-refractivity contribution in [2.24, 2.45) is 0 Å². The third-order valence-electron chi connectivity index (χ3n) is 4.02. The first-order valence-electron chi connectivity index (χ1n) is 7.06. The molecule has 0 bridgehead atoms. The van der Waals surface area contributed by atoms with E-state index in [0.29, 0.717) is 5.92 Å². The number of piperidine rings is 1. The van der Waals surface area contributed by atoms with Crippen molar-refractivity contribution in [1.29, 1.82) is 0 Å². The molecule has 0 spiro atoms. The average Bonchev–Trinajstić information content (AvgIpc) is 2.65. The Kier molecular flexibility index (Phi) is 3.99. The third kappa shape index (κ3) is 2.61. The van der Waals surface area contributed by atoms with Crippen LogP contribution in [0.15, 0.2) is 10.5 Å². The SMILES string of the molecule is Cc1c2c(cc(Br)c1C1CCNCC1)OCCCO2. The Labute approximate surface area is 122 Å². The van der Waals surface area contributed by atoms with Crippen molar-refractivity contribution in [3.63, 3.8) is 0 Å². The fourth-order valence-corrected chi connectivity index (χ4v) is 3.89. The van der Waals surface area contributed by atoms with Gasteiger partial charge in [0.05, 0.1) is 13.2 Å². The standard InChI is InChI=1S/C15H20BrNO2/c1-10-14(11-3-5-17-6-4-11)12(16)9-13-15(10)19-8-2-7-18-13/h9,11,17H,2-8H2,1H3. The molecule has 0 aliphatic carbocycles. The van der Waals surface area contributed by atoms with Crippen LogP contribution in [0, 0.1) is 6.92 Å². The van der Waals surface area contributed by atoms with Crippen molar-refractivity contribution >= 4 is 15.9 Å². The average molecular weight is 326 g/mol. The van der Waals surface area contributed by atoms with Crippen molar-refractivity contribution in [2.75, 3.05) is 26.3 Å². The van der Waals surface area contributed by atoms with Gasteiger partial charge in [-0.25, -0.2) is 0 Å². The summed E-state index contributed by atoms with van der Waals surface area (Å²) >= 11 is 3.73. The molecule has 4 heteroatoms. The lowest BCUT2D eigenvalue weighted by molar-refractivity contribution is 0.296. The van der Waals surface area contributed by atoms with Crippen LogP contribution in [0.4, 0.5) is 0 Å². The highest BCUT2D eigenvalue weighted by atomic mass is 79.9. The molecular weight excluding hydrogens is 306 g/mol. The van der Waals surface area contributed by atoms with E-state index in [2.05, 4.69) is 34.2 Å². The first-order chi connectivity index (χ1) is 9.27. The Morgan fingerprint density at radius 3 is 2.74 bits per heavy atom. The summed E-state index contributed by atoms with van der Waals surface area (Å²) in [7, 11) is 0. The lowest BCUT2D eigenvalue weighted by atomic mass is 9.87. The molecule has 0 radical (unpaired) electrons. The highest BCUT2D eigenvalue weighted by Crippen LogP contribution is 2.44. The maximum Gasteiger partial charge on any atom is 0.164 e. The van der Waals surface area contributed by atoms with E-state index >= 15 is 0 Å². The van der Waals surface area contributed by atoms with E-state index in [0.717, 1.165) is 44.2 Å². The number of ether oxygens (including phenoxy) is 2. The molecule has 0 aromatic heterocycles. The molecule has 1 saturated heterocycles. The number of hydrogen-bond donors (Lipinski definition) is 1. The molecule has 19 heavy (non-hydrogen) atoms. The second-order valence-electron chi connectivity index (χ2n) is 5.30. The van der Waals surface area contributed by atoms with E-state index in [1.54, 1.807) is 0 Å². The van der Waals surface area contributed by atoms with Crippen molar-refractivity contribution < 1.29 is 9.47 Å². The zero-order valence-corrected chi connectivity index (χ0v) is 12.9. The quantitative estimate of drug-likeness (QED) is 0.858. The van der Waals surface area contributed by atoms with Gasteiger partial charge in [-0.3, -0.25) is 0 Å². The van der Waals surface area contributed by atoms with Gasteiger partial charge in [0.1, 0.15) is 0 Å². The van der Waals surface area contributed by atoms with E-state index in [1.165, 1.54) is 28.4 Å². The summed E-state index contributed by atoms with van der Waals surface area (Å²) in [4.78, 5) is 0. The largest absolute Gasteiger partial charge is 0.490 e. The van der Waals surface area contributed by atoms with Gasteiger partial charge < -0.3 is 14.8 Å². The first-order valence-corrected chi connectivity index (χ1v) is 7.86. The molecule has 0 atom stereocenters. The van der Waals surface area contributed by atoms with Crippen LogP contribution in [0.3, 0.4) is 0 Å². The molecule has 1 fully saturated rings. The summed E-state index contributed by atoms with van der Waals surface area (Å²) in [6.45, 7) is 5.86. The van der Waals surface area contributed by atoms with Gasteiger partial charge in [-0.05, 0) is 56.0 Å². The topological polar surface area (TPSA) is 30.5 Å². The molecule has 3 rings (SSSR count). The minimum atomic E-state index is 0.618. The van der Waals surface area contributed by atoms with Crippen molar-refractivity contribution in [1.82, 2.24) is 5.32 Å². The molecule has 1 aromatic rings. The smallest absolute Gasteiger partial charge is 0.164 e. The summed E-state index contributed by atoms with van der Waals surface area (Å²) < 4.78 is 12.9. The number of benzene rings is 1. The van der Waals surface area contributed by atoms with Gasteiger partial charge in [-0.2, -0.15) is 0 Å². The van der Waals surface area contributed by atoms with Gasteiger partial charge in [0, 0.05) is 10.9 Å². The molecule has 3 nitrogen and oxygen atoms in total. The number of halogens is 1. The predicted molar refractivity (Wildman–Crippen MR) is 79.3 cm³/mol.